The van der Waals surface area contributed by atoms with Gasteiger partial charge in [0.2, 0.25) is 0 Å². The van der Waals surface area contributed by atoms with E-state index < -0.39 is 11.6 Å². The van der Waals surface area contributed by atoms with E-state index in [4.69, 9.17) is 0 Å². The van der Waals surface area contributed by atoms with E-state index in [-0.39, 0.29) is 5.92 Å². The molecule has 0 aliphatic rings. The van der Waals surface area contributed by atoms with E-state index in [1.807, 2.05) is 12.1 Å². The third-order valence-corrected chi connectivity index (χ3v) is 3.92. The summed E-state index contributed by atoms with van der Waals surface area (Å²) in [4.78, 5) is 0. The first-order chi connectivity index (χ1) is 10.1. The van der Waals surface area contributed by atoms with Gasteiger partial charge >= 0.3 is 0 Å². The Morgan fingerprint density at radius 3 is 2.57 bits per heavy atom. The number of likely N-dealkylation sites (N-methyl/N-ethyl adjacent to an activating group) is 1. The fourth-order valence-electron chi connectivity index (χ4n) is 2.34. The van der Waals surface area contributed by atoms with Crippen LogP contribution in [-0.4, -0.2) is 13.1 Å². The Morgan fingerprint density at radius 2 is 1.90 bits per heavy atom. The normalized spacial score (nSPS) is 12.4. The molecule has 112 valence electrons. The minimum Gasteiger partial charge on any atom is -0.316 e. The van der Waals surface area contributed by atoms with Crippen LogP contribution in [0.15, 0.2) is 46.9 Å². The topological polar surface area (TPSA) is 12.0 Å². The monoisotopic (exact) mass is 353 g/mol. The van der Waals surface area contributed by atoms with Gasteiger partial charge in [0.1, 0.15) is 0 Å². The van der Waals surface area contributed by atoms with Crippen LogP contribution in [0.2, 0.25) is 0 Å². The van der Waals surface area contributed by atoms with Gasteiger partial charge in [-0.05, 0) is 48.4 Å². The van der Waals surface area contributed by atoms with Crippen molar-refractivity contribution in [2.24, 2.45) is 0 Å². The molecule has 0 aliphatic heterocycles. The van der Waals surface area contributed by atoms with Crippen LogP contribution in [-0.2, 0) is 6.42 Å². The number of halogens is 3. The third kappa shape index (κ3) is 4.61. The first-order valence-corrected chi connectivity index (χ1v) is 7.79. The molecule has 0 saturated heterocycles. The van der Waals surface area contributed by atoms with Gasteiger partial charge in [0.15, 0.2) is 11.6 Å². The summed E-state index contributed by atoms with van der Waals surface area (Å²) in [6.45, 7) is 3.73. The van der Waals surface area contributed by atoms with Crippen molar-refractivity contribution in [1.29, 1.82) is 0 Å². The summed E-state index contributed by atoms with van der Waals surface area (Å²) >= 11 is 3.48. The van der Waals surface area contributed by atoms with Gasteiger partial charge in [-0.3, -0.25) is 0 Å². The molecular weight excluding hydrogens is 336 g/mol. The van der Waals surface area contributed by atoms with Gasteiger partial charge in [-0.15, -0.1) is 0 Å². The molecule has 1 atom stereocenters. The molecular formula is C17H18BrF2N. The zero-order valence-corrected chi connectivity index (χ0v) is 13.5. The van der Waals surface area contributed by atoms with Crippen molar-refractivity contribution >= 4 is 15.9 Å². The van der Waals surface area contributed by atoms with Crippen LogP contribution in [0, 0.1) is 11.6 Å². The maximum absolute atomic E-state index is 13.4. The summed E-state index contributed by atoms with van der Waals surface area (Å²) < 4.78 is 27.4. The van der Waals surface area contributed by atoms with Gasteiger partial charge in [-0.1, -0.05) is 41.1 Å². The number of hydrogen-bond acceptors (Lipinski definition) is 1. The van der Waals surface area contributed by atoms with Gasteiger partial charge in [-0.2, -0.15) is 0 Å². The average Bonchev–Trinajstić information content (AvgIpc) is 2.47. The minimum absolute atomic E-state index is 0.215. The first-order valence-electron chi connectivity index (χ1n) is 7.00. The second-order valence-corrected chi connectivity index (χ2v) is 5.93. The highest BCUT2D eigenvalue weighted by atomic mass is 79.9. The molecule has 1 N–H and O–H groups in total. The molecule has 0 saturated carbocycles. The molecule has 2 aromatic rings. The Balaban J connectivity index is 2.21. The quantitative estimate of drug-likeness (QED) is 0.795. The van der Waals surface area contributed by atoms with Crippen molar-refractivity contribution in [3.63, 3.8) is 0 Å². The second kappa shape index (κ2) is 7.66. The molecule has 1 unspecified atom stereocenters. The highest BCUT2D eigenvalue weighted by molar-refractivity contribution is 9.10. The molecule has 0 heterocycles. The van der Waals surface area contributed by atoms with Crippen molar-refractivity contribution in [3.8, 4) is 0 Å². The minimum atomic E-state index is -0.801. The lowest BCUT2D eigenvalue weighted by Crippen LogP contribution is -2.22. The summed E-state index contributed by atoms with van der Waals surface area (Å²) in [5, 5.41) is 3.33. The van der Waals surface area contributed by atoms with Crippen LogP contribution in [0.5, 0.6) is 0 Å². The van der Waals surface area contributed by atoms with Crippen molar-refractivity contribution in [3.05, 3.63) is 69.7 Å². The zero-order chi connectivity index (χ0) is 15.2. The first kappa shape index (κ1) is 16.1. The highest BCUT2D eigenvalue weighted by Gasteiger charge is 2.14. The van der Waals surface area contributed by atoms with Crippen molar-refractivity contribution < 1.29 is 8.78 Å². The maximum atomic E-state index is 13.4. The molecule has 0 aromatic heterocycles. The number of nitrogens with one attached hydrogen (secondary N) is 1. The number of hydrogen-bond donors (Lipinski definition) is 1. The Morgan fingerprint density at radius 1 is 1.10 bits per heavy atom. The lowest BCUT2D eigenvalue weighted by molar-refractivity contribution is 0.505. The molecule has 0 fully saturated rings. The molecule has 2 aromatic carbocycles. The van der Waals surface area contributed by atoms with Gasteiger partial charge in [0.25, 0.3) is 0 Å². The molecule has 0 amide bonds. The molecule has 0 spiro atoms. The Kier molecular flexibility index (Phi) is 5.88. The maximum Gasteiger partial charge on any atom is 0.159 e. The van der Waals surface area contributed by atoms with Crippen LogP contribution in [0.3, 0.4) is 0 Å². The molecule has 0 bridgehead atoms. The van der Waals surface area contributed by atoms with Crippen LogP contribution in [0.1, 0.15) is 24.0 Å². The standard InChI is InChI=1S/C17H18BrF2N/c1-2-21-11-14(13-4-3-5-15(18)10-13)8-12-6-7-16(19)17(20)9-12/h3-7,9-10,14,21H,2,8,11H2,1H3. The largest absolute Gasteiger partial charge is 0.316 e. The lowest BCUT2D eigenvalue weighted by atomic mass is 9.92. The molecule has 1 nitrogen and oxygen atoms in total. The summed E-state index contributed by atoms with van der Waals surface area (Å²) in [5.41, 5.74) is 1.98. The van der Waals surface area contributed by atoms with E-state index in [2.05, 4.69) is 40.3 Å². The molecule has 4 heteroatoms. The molecule has 2 rings (SSSR count). The van der Waals surface area contributed by atoms with E-state index in [0.717, 1.165) is 23.1 Å². The van der Waals surface area contributed by atoms with Crippen molar-refractivity contribution in [1.82, 2.24) is 5.32 Å². The van der Waals surface area contributed by atoms with E-state index in [1.54, 1.807) is 6.07 Å². The Bertz CT molecular complexity index is 601. The smallest absolute Gasteiger partial charge is 0.159 e. The fourth-order valence-corrected chi connectivity index (χ4v) is 2.76. The Labute approximate surface area is 132 Å². The van der Waals surface area contributed by atoms with Crippen LogP contribution in [0.25, 0.3) is 0 Å². The van der Waals surface area contributed by atoms with E-state index in [9.17, 15) is 8.78 Å². The second-order valence-electron chi connectivity index (χ2n) is 5.01. The van der Waals surface area contributed by atoms with Gasteiger partial charge in [0.05, 0.1) is 0 Å². The van der Waals surface area contributed by atoms with Gasteiger partial charge < -0.3 is 5.32 Å². The zero-order valence-electron chi connectivity index (χ0n) is 11.9. The van der Waals surface area contributed by atoms with Crippen LogP contribution < -0.4 is 5.32 Å². The SMILES string of the molecule is CCNCC(Cc1ccc(F)c(F)c1)c1cccc(Br)c1. The van der Waals surface area contributed by atoms with Crippen molar-refractivity contribution in [2.75, 3.05) is 13.1 Å². The van der Waals surface area contributed by atoms with E-state index in [1.165, 1.54) is 17.7 Å². The van der Waals surface area contributed by atoms with Crippen LogP contribution in [0.4, 0.5) is 8.78 Å². The lowest BCUT2D eigenvalue weighted by Gasteiger charge is -2.18. The summed E-state index contributed by atoms with van der Waals surface area (Å²) in [6.07, 6.45) is 0.667. The summed E-state index contributed by atoms with van der Waals surface area (Å²) in [7, 11) is 0. The highest BCUT2D eigenvalue weighted by Crippen LogP contribution is 2.24. The van der Waals surface area contributed by atoms with Crippen LogP contribution >= 0.6 is 15.9 Å². The van der Waals surface area contributed by atoms with Gasteiger partial charge in [-0.25, -0.2) is 8.78 Å². The molecule has 0 radical (unpaired) electrons. The van der Waals surface area contributed by atoms with E-state index in [0.29, 0.717) is 6.42 Å². The van der Waals surface area contributed by atoms with Gasteiger partial charge in [0, 0.05) is 16.9 Å². The number of rotatable bonds is 6. The molecule has 21 heavy (non-hydrogen) atoms. The fraction of sp³-hybridized carbons (Fsp3) is 0.294. The predicted octanol–water partition coefficient (Wildman–Crippen LogP) is 4.66. The van der Waals surface area contributed by atoms with Crippen molar-refractivity contribution in [2.45, 2.75) is 19.3 Å². The summed E-state index contributed by atoms with van der Waals surface area (Å²) in [6, 6.07) is 12.2. The Hall–Kier alpha value is -1.26. The molecule has 0 aliphatic carbocycles. The number of benzene rings is 2. The summed E-state index contributed by atoms with van der Waals surface area (Å²) in [5.74, 6) is -1.37. The van der Waals surface area contributed by atoms with E-state index >= 15 is 0 Å². The third-order valence-electron chi connectivity index (χ3n) is 3.43. The average molecular weight is 354 g/mol. The predicted molar refractivity (Wildman–Crippen MR) is 85.5 cm³/mol.